The first-order valence-electron chi connectivity index (χ1n) is 6.66. The smallest absolute Gasteiger partial charge is 0.338 e. The summed E-state index contributed by atoms with van der Waals surface area (Å²) < 4.78 is 16.8. The van der Waals surface area contributed by atoms with Gasteiger partial charge in [-0.2, -0.15) is 5.11 Å². The lowest BCUT2D eigenvalue weighted by molar-refractivity contribution is 0.0526. The van der Waals surface area contributed by atoms with E-state index in [1.165, 1.54) is 12.1 Å². The first-order chi connectivity index (χ1) is 10.1. The molecule has 1 N–H and O–H groups in total. The number of anilines is 1. The molecule has 7 heteroatoms. The molecule has 0 amide bonds. The zero-order valence-electron chi connectivity index (χ0n) is 12.1. The fourth-order valence-corrected chi connectivity index (χ4v) is 1.58. The molecule has 0 aliphatic carbocycles. The van der Waals surface area contributed by atoms with Crippen molar-refractivity contribution in [2.75, 3.05) is 25.3 Å². The lowest BCUT2D eigenvalue weighted by Gasteiger charge is -2.09. The summed E-state index contributed by atoms with van der Waals surface area (Å²) in [5.41, 5.74) is 3.61. The van der Waals surface area contributed by atoms with Gasteiger partial charge in [0.1, 0.15) is 6.67 Å². The average molecular weight is 295 g/mol. The van der Waals surface area contributed by atoms with Crippen molar-refractivity contribution in [1.82, 2.24) is 0 Å². The Labute approximate surface area is 122 Å². The lowest BCUT2D eigenvalue weighted by atomic mass is 10.0. The maximum atomic E-state index is 11.9. The zero-order chi connectivity index (χ0) is 15.7. The van der Waals surface area contributed by atoms with E-state index in [0.717, 1.165) is 0 Å². The normalized spacial score (nSPS) is 10.6. The molecule has 21 heavy (non-hydrogen) atoms. The molecule has 0 spiro atoms. The van der Waals surface area contributed by atoms with Crippen LogP contribution in [0.5, 0.6) is 0 Å². The number of hydrogen-bond donors (Lipinski definition) is 1. The van der Waals surface area contributed by atoms with Crippen molar-refractivity contribution in [3.63, 3.8) is 0 Å². The predicted octanol–water partition coefficient (Wildman–Crippen LogP) is 3.20. The fraction of sp³-hybridized carbons (Fsp3) is 0.429. The van der Waals surface area contributed by atoms with Crippen LogP contribution < -0.4 is 5.43 Å². The maximum Gasteiger partial charge on any atom is 0.338 e. The van der Waals surface area contributed by atoms with Crippen molar-refractivity contribution < 1.29 is 18.7 Å². The Balaban J connectivity index is 3.02. The van der Waals surface area contributed by atoms with Crippen LogP contribution in [-0.4, -0.2) is 31.6 Å². The summed E-state index contributed by atoms with van der Waals surface area (Å²) in [5, 5.41) is 7.12. The SMILES string of the molecule is CCOC(=O)c1ccc(NN=NCCF)c(C(=O)CC)c1. The standard InChI is InChI=1S/C14H18FN3O3/c1-3-13(19)11-9-10(14(20)21-4-2)5-6-12(11)17-18-16-8-7-15/h5-6,9H,3-4,7-8H2,1-2H3,(H,16,17). The average Bonchev–Trinajstić information content (AvgIpc) is 2.51. The van der Waals surface area contributed by atoms with Gasteiger partial charge < -0.3 is 4.74 Å². The van der Waals surface area contributed by atoms with Crippen molar-refractivity contribution in [2.24, 2.45) is 10.3 Å². The summed E-state index contributed by atoms with van der Waals surface area (Å²) in [6.45, 7) is 3.02. The summed E-state index contributed by atoms with van der Waals surface area (Å²) in [7, 11) is 0. The van der Waals surface area contributed by atoms with Crippen LogP contribution in [0.3, 0.4) is 0 Å². The number of ketones is 1. The second-order valence-electron chi connectivity index (χ2n) is 4.02. The molecule has 0 aliphatic rings. The van der Waals surface area contributed by atoms with Gasteiger partial charge in [0, 0.05) is 12.0 Å². The van der Waals surface area contributed by atoms with Crippen LogP contribution in [0.25, 0.3) is 0 Å². The van der Waals surface area contributed by atoms with E-state index in [-0.39, 0.29) is 25.4 Å². The van der Waals surface area contributed by atoms with E-state index in [1.807, 2.05) is 0 Å². The molecule has 1 aromatic rings. The van der Waals surface area contributed by atoms with Gasteiger partial charge >= 0.3 is 5.97 Å². The van der Waals surface area contributed by atoms with Gasteiger partial charge in [0.15, 0.2) is 5.78 Å². The van der Waals surface area contributed by atoms with Gasteiger partial charge in [0.2, 0.25) is 0 Å². The number of benzene rings is 1. The van der Waals surface area contributed by atoms with Gasteiger partial charge in [0.05, 0.1) is 24.4 Å². The molecule has 0 radical (unpaired) electrons. The van der Waals surface area contributed by atoms with Crippen molar-refractivity contribution in [1.29, 1.82) is 0 Å². The van der Waals surface area contributed by atoms with Crippen LogP contribution in [0, 0.1) is 0 Å². The van der Waals surface area contributed by atoms with Gasteiger partial charge in [-0.05, 0) is 25.1 Å². The van der Waals surface area contributed by atoms with Gasteiger partial charge in [-0.15, -0.1) is 0 Å². The number of carbonyl (C=O) groups excluding carboxylic acids is 2. The topological polar surface area (TPSA) is 80.1 Å². The minimum absolute atomic E-state index is 0.0506. The van der Waals surface area contributed by atoms with Crippen LogP contribution in [0.1, 0.15) is 41.0 Å². The highest BCUT2D eigenvalue weighted by Crippen LogP contribution is 2.20. The number of nitrogens with one attached hydrogen (secondary N) is 1. The van der Waals surface area contributed by atoms with E-state index in [4.69, 9.17) is 4.74 Å². The number of carbonyl (C=O) groups is 2. The van der Waals surface area contributed by atoms with E-state index >= 15 is 0 Å². The number of hydrogen-bond acceptors (Lipinski definition) is 5. The number of halogens is 1. The van der Waals surface area contributed by atoms with Crippen molar-refractivity contribution >= 4 is 17.4 Å². The largest absolute Gasteiger partial charge is 0.462 e. The molecular weight excluding hydrogens is 277 g/mol. The molecule has 0 bridgehead atoms. The maximum absolute atomic E-state index is 11.9. The van der Waals surface area contributed by atoms with E-state index in [0.29, 0.717) is 16.8 Å². The number of rotatable bonds is 8. The lowest BCUT2D eigenvalue weighted by Crippen LogP contribution is -2.08. The van der Waals surface area contributed by atoms with E-state index in [1.54, 1.807) is 19.9 Å². The molecule has 0 aliphatic heterocycles. The quantitative estimate of drug-likeness (QED) is 0.345. The number of nitrogens with zero attached hydrogens (tertiary/aromatic N) is 2. The highest BCUT2D eigenvalue weighted by atomic mass is 19.1. The Hall–Kier alpha value is -2.31. The Morgan fingerprint density at radius 1 is 1.33 bits per heavy atom. The molecule has 1 aromatic carbocycles. The van der Waals surface area contributed by atoms with E-state index in [9.17, 15) is 14.0 Å². The Kier molecular flexibility index (Phi) is 7.00. The van der Waals surface area contributed by atoms with Gasteiger partial charge in [0.25, 0.3) is 0 Å². The monoisotopic (exact) mass is 295 g/mol. The number of ether oxygens (including phenoxy) is 1. The molecule has 1 rings (SSSR count). The first-order valence-corrected chi connectivity index (χ1v) is 6.66. The zero-order valence-corrected chi connectivity index (χ0v) is 12.1. The Morgan fingerprint density at radius 2 is 2.10 bits per heavy atom. The fourth-order valence-electron chi connectivity index (χ4n) is 1.58. The van der Waals surface area contributed by atoms with Crippen molar-refractivity contribution in [2.45, 2.75) is 20.3 Å². The molecule has 0 saturated carbocycles. The van der Waals surface area contributed by atoms with Gasteiger partial charge in [-0.25, -0.2) is 9.18 Å². The molecule has 0 heterocycles. The Bertz CT molecular complexity index is 532. The van der Waals surface area contributed by atoms with Gasteiger partial charge in [-0.1, -0.05) is 12.1 Å². The summed E-state index contributed by atoms with van der Waals surface area (Å²) in [5.74, 6) is -0.641. The molecule has 0 atom stereocenters. The van der Waals surface area contributed by atoms with Crippen molar-refractivity contribution in [3.8, 4) is 0 Å². The van der Waals surface area contributed by atoms with Crippen LogP contribution >= 0.6 is 0 Å². The second-order valence-corrected chi connectivity index (χ2v) is 4.02. The summed E-state index contributed by atoms with van der Waals surface area (Å²) >= 11 is 0. The third-order valence-electron chi connectivity index (χ3n) is 2.58. The highest BCUT2D eigenvalue weighted by molar-refractivity contribution is 6.03. The molecular formula is C14H18FN3O3. The molecule has 0 saturated heterocycles. The third kappa shape index (κ3) is 4.94. The minimum Gasteiger partial charge on any atom is -0.462 e. The molecule has 114 valence electrons. The molecule has 0 aromatic heterocycles. The highest BCUT2D eigenvalue weighted by Gasteiger charge is 2.14. The predicted molar refractivity (Wildman–Crippen MR) is 76.3 cm³/mol. The first kappa shape index (κ1) is 16.7. The molecule has 0 unspecified atom stereocenters. The second kappa shape index (κ2) is 8.78. The number of Topliss-reactive ketones (excluding diaryl/α,β-unsaturated/α-hetero) is 1. The third-order valence-corrected chi connectivity index (χ3v) is 2.58. The van der Waals surface area contributed by atoms with E-state index in [2.05, 4.69) is 15.8 Å². The number of esters is 1. The van der Waals surface area contributed by atoms with Crippen LogP contribution in [0.2, 0.25) is 0 Å². The van der Waals surface area contributed by atoms with E-state index < -0.39 is 12.6 Å². The van der Waals surface area contributed by atoms with Crippen LogP contribution in [-0.2, 0) is 4.74 Å². The summed E-state index contributed by atoms with van der Waals surface area (Å²) in [4.78, 5) is 23.6. The molecule has 0 fully saturated rings. The van der Waals surface area contributed by atoms with Gasteiger partial charge in [-0.3, -0.25) is 10.2 Å². The summed E-state index contributed by atoms with van der Waals surface area (Å²) in [6, 6.07) is 4.53. The van der Waals surface area contributed by atoms with Crippen LogP contribution in [0.4, 0.5) is 10.1 Å². The minimum atomic E-state index is -0.603. The Morgan fingerprint density at radius 3 is 2.71 bits per heavy atom. The summed E-state index contributed by atoms with van der Waals surface area (Å²) in [6.07, 6.45) is 0.280. The van der Waals surface area contributed by atoms with Crippen LogP contribution in [0.15, 0.2) is 28.5 Å². The number of alkyl halides is 1. The van der Waals surface area contributed by atoms with Crippen molar-refractivity contribution in [3.05, 3.63) is 29.3 Å². The molecule has 6 nitrogen and oxygen atoms in total.